The van der Waals surface area contributed by atoms with Crippen LogP contribution in [0, 0.1) is 6.92 Å². The van der Waals surface area contributed by atoms with E-state index in [1.165, 1.54) is 10.9 Å². The summed E-state index contributed by atoms with van der Waals surface area (Å²) in [5, 5.41) is 4.31. The van der Waals surface area contributed by atoms with Gasteiger partial charge in [-0.1, -0.05) is 18.2 Å². The Kier molecular flexibility index (Phi) is 3.22. The highest BCUT2D eigenvalue weighted by molar-refractivity contribution is 5.98. The fraction of sp³-hybridized carbons (Fsp3) is 0.500. The minimum atomic E-state index is -0.331. The zero-order chi connectivity index (χ0) is 15.2. The van der Waals surface area contributed by atoms with Gasteiger partial charge in [-0.05, 0) is 44.2 Å². The molecule has 4 rings (SSSR count). The van der Waals surface area contributed by atoms with Gasteiger partial charge in [0.1, 0.15) is 0 Å². The standard InChI is InChI=1S/C18H22N2O2/c1-12-16(14-6-2-3-7-15(14)20-12)18(8-9-18)17(21)19-11-13-5-4-10-22-13/h2-3,6-7,13,20H,4-5,8-11H2,1H3,(H,19,21). The van der Waals surface area contributed by atoms with Crippen molar-refractivity contribution in [2.24, 2.45) is 0 Å². The minimum Gasteiger partial charge on any atom is -0.376 e. The van der Waals surface area contributed by atoms with Gasteiger partial charge in [-0.3, -0.25) is 4.79 Å². The number of carbonyl (C=O) groups is 1. The first-order valence-electron chi connectivity index (χ1n) is 8.18. The molecule has 1 unspecified atom stereocenters. The number of amides is 1. The molecule has 0 radical (unpaired) electrons. The lowest BCUT2D eigenvalue weighted by molar-refractivity contribution is -0.124. The van der Waals surface area contributed by atoms with Crippen molar-refractivity contribution in [3.8, 4) is 0 Å². The van der Waals surface area contributed by atoms with Crippen LogP contribution in [0.2, 0.25) is 0 Å². The maximum absolute atomic E-state index is 12.8. The minimum absolute atomic E-state index is 0.163. The number of aryl methyl sites for hydroxylation is 1. The fourth-order valence-electron chi connectivity index (χ4n) is 3.79. The molecular weight excluding hydrogens is 276 g/mol. The summed E-state index contributed by atoms with van der Waals surface area (Å²) in [5.74, 6) is 0.163. The molecule has 2 aromatic rings. The SMILES string of the molecule is Cc1[nH]c2ccccc2c1C1(C(=O)NCC2CCCO2)CC1. The first kappa shape index (κ1) is 13.8. The van der Waals surface area contributed by atoms with Crippen molar-refractivity contribution in [3.63, 3.8) is 0 Å². The molecule has 4 heteroatoms. The second-order valence-electron chi connectivity index (χ2n) is 6.60. The Bertz CT molecular complexity index is 709. The number of carbonyl (C=O) groups excluding carboxylic acids is 1. The summed E-state index contributed by atoms with van der Waals surface area (Å²) in [6.45, 7) is 3.54. The molecule has 0 spiro atoms. The van der Waals surface area contributed by atoms with E-state index in [0.29, 0.717) is 6.54 Å². The van der Waals surface area contributed by atoms with Gasteiger partial charge in [0.05, 0.1) is 11.5 Å². The Morgan fingerprint density at radius 3 is 2.95 bits per heavy atom. The third-order valence-electron chi connectivity index (χ3n) is 5.07. The molecule has 2 N–H and O–H groups in total. The molecule has 116 valence electrons. The Labute approximate surface area is 130 Å². The second-order valence-corrected chi connectivity index (χ2v) is 6.60. The first-order valence-corrected chi connectivity index (χ1v) is 8.18. The maximum Gasteiger partial charge on any atom is 0.230 e. The number of nitrogens with one attached hydrogen (secondary N) is 2. The Balaban J connectivity index is 1.59. The quantitative estimate of drug-likeness (QED) is 0.912. The van der Waals surface area contributed by atoms with Crippen molar-refractivity contribution >= 4 is 16.8 Å². The van der Waals surface area contributed by atoms with E-state index in [2.05, 4.69) is 29.4 Å². The van der Waals surface area contributed by atoms with Gasteiger partial charge >= 0.3 is 0 Å². The molecule has 0 bridgehead atoms. The number of benzene rings is 1. The van der Waals surface area contributed by atoms with Crippen LogP contribution >= 0.6 is 0 Å². The van der Waals surface area contributed by atoms with E-state index >= 15 is 0 Å². The molecule has 2 fully saturated rings. The van der Waals surface area contributed by atoms with Crippen molar-refractivity contribution in [2.75, 3.05) is 13.2 Å². The number of hydrogen-bond acceptors (Lipinski definition) is 2. The van der Waals surface area contributed by atoms with Gasteiger partial charge in [-0.25, -0.2) is 0 Å². The van der Waals surface area contributed by atoms with Crippen LogP contribution in [0.4, 0.5) is 0 Å². The predicted octanol–water partition coefficient (Wildman–Crippen LogP) is 2.80. The number of hydrogen-bond donors (Lipinski definition) is 2. The molecule has 1 aliphatic heterocycles. The third kappa shape index (κ3) is 2.13. The highest BCUT2D eigenvalue weighted by Gasteiger charge is 2.53. The lowest BCUT2D eigenvalue weighted by Crippen LogP contribution is -2.39. The third-order valence-corrected chi connectivity index (χ3v) is 5.07. The van der Waals surface area contributed by atoms with Crippen LogP contribution < -0.4 is 5.32 Å². The smallest absolute Gasteiger partial charge is 0.230 e. The zero-order valence-electron chi connectivity index (χ0n) is 12.9. The van der Waals surface area contributed by atoms with Crippen LogP contribution in [0.15, 0.2) is 24.3 Å². The highest BCUT2D eigenvalue weighted by Crippen LogP contribution is 2.51. The molecule has 1 saturated heterocycles. The van der Waals surface area contributed by atoms with Crippen LogP contribution in [0.25, 0.3) is 10.9 Å². The van der Waals surface area contributed by atoms with Crippen LogP contribution in [-0.2, 0) is 14.9 Å². The number of aromatic nitrogens is 1. The van der Waals surface area contributed by atoms with Crippen molar-refractivity contribution < 1.29 is 9.53 Å². The average Bonchev–Trinajstić information content (AvgIpc) is 3.01. The van der Waals surface area contributed by atoms with Crippen molar-refractivity contribution in [3.05, 3.63) is 35.5 Å². The lowest BCUT2D eigenvalue weighted by Gasteiger charge is -2.18. The van der Waals surface area contributed by atoms with Gasteiger partial charge in [-0.15, -0.1) is 0 Å². The van der Waals surface area contributed by atoms with E-state index in [1.54, 1.807) is 0 Å². The molecule has 1 aromatic heterocycles. The van der Waals surface area contributed by atoms with Gasteiger partial charge in [-0.2, -0.15) is 0 Å². The molecule has 1 amide bonds. The Morgan fingerprint density at radius 2 is 2.23 bits per heavy atom. The molecule has 2 heterocycles. The largest absolute Gasteiger partial charge is 0.376 e. The Hall–Kier alpha value is -1.81. The first-order chi connectivity index (χ1) is 10.7. The molecule has 1 aliphatic carbocycles. The number of para-hydroxylation sites is 1. The number of ether oxygens (including phenoxy) is 1. The predicted molar refractivity (Wildman–Crippen MR) is 85.9 cm³/mol. The van der Waals surface area contributed by atoms with Gasteiger partial charge in [0, 0.05) is 29.7 Å². The van der Waals surface area contributed by atoms with E-state index in [4.69, 9.17) is 4.74 Å². The Morgan fingerprint density at radius 1 is 1.41 bits per heavy atom. The molecule has 4 nitrogen and oxygen atoms in total. The van der Waals surface area contributed by atoms with E-state index in [9.17, 15) is 4.79 Å². The second kappa shape index (κ2) is 5.13. The number of rotatable bonds is 4. The maximum atomic E-state index is 12.8. The number of H-pyrrole nitrogens is 1. The van der Waals surface area contributed by atoms with Crippen LogP contribution in [0.5, 0.6) is 0 Å². The summed E-state index contributed by atoms with van der Waals surface area (Å²) in [6, 6.07) is 8.26. The molecule has 2 aliphatic rings. The monoisotopic (exact) mass is 298 g/mol. The molecule has 1 atom stereocenters. The summed E-state index contributed by atoms with van der Waals surface area (Å²) < 4.78 is 5.60. The summed E-state index contributed by atoms with van der Waals surface area (Å²) in [7, 11) is 0. The van der Waals surface area contributed by atoms with E-state index in [1.807, 2.05) is 12.1 Å². The summed E-state index contributed by atoms with van der Waals surface area (Å²) in [5.41, 5.74) is 3.09. The topological polar surface area (TPSA) is 54.1 Å². The molecule has 1 aromatic carbocycles. The molecular formula is C18H22N2O2. The fourth-order valence-corrected chi connectivity index (χ4v) is 3.79. The lowest BCUT2D eigenvalue weighted by atomic mass is 9.92. The van der Waals surface area contributed by atoms with Crippen LogP contribution in [-0.4, -0.2) is 30.1 Å². The highest BCUT2D eigenvalue weighted by atomic mass is 16.5. The molecule has 1 saturated carbocycles. The van der Waals surface area contributed by atoms with E-state index < -0.39 is 0 Å². The summed E-state index contributed by atoms with van der Waals surface area (Å²) in [4.78, 5) is 16.2. The summed E-state index contributed by atoms with van der Waals surface area (Å²) >= 11 is 0. The normalized spacial score (nSPS) is 22.9. The van der Waals surface area contributed by atoms with Crippen molar-refractivity contribution in [2.45, 2.75) is 44.1 Å². The number of aromatic amines is 1. The van der Waals surface area contributed by atoms with Crippen LogP contribution in [0.1, 0.15) is 36.9 Å². The van der Waals surface area contributed by atoms with Crippen molar-refractivity contribution in [1.29, 1.82) is 0 Å². The van der Waals surface area contributed by atoms with Crippen LogP contribution in [0.3, 0.4) is 0 Å². The van der Waals surface area contributed by atoms with Gasteiger partial charge in [0.2, 0.25) is 5.91 Å². The van der Waals surface area contributed by atoms with Gasteiger partial charge < -0.3 is 15.0 Å². The van der Waals surface area contributed by atoms with Gasteiger partial charge in [0.15, 0.2) is 0 Å². The summed E-state index contributed by atoms with van der Waals surface area (Å²) in [6.07, 6.45) is 4.23. The van der Waals surface area contributed by atoms with Crippen molar-refractivity contribution in [1.82, 2.24) is 10.3 Å². The zero-order valence-corrected chi connectivity index (χ0v) is 12.9. The van der Waals surface area contributed by atoms with Gasteiger partial charge in [0.25, 0.3) is 0 Å². The number of fused-ring (bicyclic) bond motifs is 1. The van der Waals surface area contributed by atoms with E-state index in [0.717, 1.165) is 43.5 Å². The molecule has 22 heavy (non-hydrogen) atoms. The average molecular weight is 298 g/mol. The van der Waals surface area contributed by atoms with E-state index in [-0.39, 0.29) is 17.4 Å².